The zero-order valence-corrected chi connectivity index (χ0v) is 23.1. The van der Waals surface area contributed by atoms with Crippen molar-refractivity contribution in [2.45, 2.75) is 69.0 Å². The normalized spacial score (nSPS) is 21.8. The predicted molar refractivity (Wildman–Crippen MR) is 145 cm³/mol. The molecule has 7 rings (SSSR count). The third-order valence-corrected chi connectivity index (χ3v) is 9.12. The molecule has 3 aliphatic rings. The van der Waals surface area contributed by atoms with E-state index in [0.717, 1.165) is 37.8 Å². The van der Waals surface area contributed by atoms with Crippen molar-refractivity contribution in [1.82, 2.24) is 10.1 Å². The van der Waals surface area contributed by atoms with Crippen LogP contribution in [0.3, 0.4) is 0 Å². The minimum atomic E-state index is -4.94. The molecule has 2 aromatic carbocycles. The van der Waals surface area contributed by atoms with Crippen LogP contribution < -0.4 is 9.64 Å². The van der Waals surface area contributed by atoms with Crippen molar-refractivity contribution in [2.24, 2.45) is 0 Å². The summed E-state index contributed by atoms with van der Waals surface area (Å²) >= 11 is 1.22. The maximum atomic E-state index is 14.6. The number of esters is 1. The zero-order valence-electron chi connectivity index (χ0n) is 22.3. The van der Waals surface area contributed by atoms with Crippen LogP contribution in [0.1, 0.15) is 70.9 Å². The van der Waals surface area contributed by atoms with Gasteiger partial charge in [-0.25, -0.2) is 19.0 Å². The van der Waals surface area contributed by atoms with Crippen molar-refractivity contribution >= 4 is 38.6 Å². The highest BCUT2D eigenvalue weighted by atomic mass is 32.1. The number of carbonyl (C=O) groups is 2. The third kappa shape index (κ3) is 5.17. The average molecular weight is 618 g/mol. The summed E-state index contributed by atoms with van der Waals surface area (Å²) in [7, 11) is 0. The van der Waals surface area contributed by atoms with Gasteiger partial charge in [0.05, 0.1) is 10.3 Å². The number of benzene rings is 2. The molecule has 4 aromatic rings. The number of aromatic nitrogens is 2. The molecule has 0 amide bonds. The quantitative estimate of drug-likeness (QED) is 0.174. The highest BCUT2D eigenvalue weighted by molar-refractivity contribution is 7.22. The Morgan fingerprint density at radius 2 is 1.79 bits per heavy atom. The molecule has 1 aliphatic carbocycles. The van der Waals surface area contributed by atoms with E-state index in [1.165, 1.54) is 35.6 Å². The number of alkyl halides is 3. The molecular weight excluding hydrogens is 594 g/mol. The van der Waals surface area contributed by atoms with E-state index in [2.05, 4.69) is 19.8 Å². The Kier molecular flexibility index (Phi) is 6.56. The number of nitrogens with zero attached hydrogens (tertiary/aromatic N) is 3. The van der Waals surface area contributed by atoms with Crippen molar-refractivity contribution in [3.63, 3.8) is 0 Å². The number of para-hydroxylation sites is 1. The number of aromatic carboxylic acids is 1. The highest BCUT2D eigenvalue weighted by Gasteiger charge is 2.45. The fourth-order valence-corrected chi connectivity index (χ4v) is 7.30. The van der Waals surface area contributed by atoms with E-state index in [0.29, 0.717) is 28.4 Å². The van der Waals surface area contributed by atoms with E-state index in [-0.39, 0.29) is 45.9 Å². The Balaban J connectivity index is 1.13. The minimum absolute atomic E-state index is 0.00591. The lowest BCUT2D eigenvalue weighted by Crippen LogP contribution is -2.46. The number of ether oxygens (including phenoxy) is 2. The van der Waals surface area contributed by atoms with Gasteiger partial charge in [-0.05, 0) is 49.9 Å². The summed E-state index contributed by atoms with van der Waals surface area (Å²) in [6.07, 6.45) is -1.38. The highest BCUT2D eigenvalue weighted by Crippen LogP contribution is 2.47. The van der Waals surface area contributed by atoms with Crippen LogP contribution in [0.2, 0.25) is 0 Å². The van der Waals surface area contributed by atoms with Crippen molar-refractivity contribution in [2.75, 3.05) is 4.90 Å². The van der Waals surface area contributed by atoms with Crippen LogP contribution in [0.15, 0.2) is 40.9 Å². The van der Waals surface area contributed by atoms with Crippen LogP contribution >= 0.6 is 11.3 Å². The van der Waals surface area contributed by atoms with Crippen LogP contribution in [-0.4, -0.2) is 51.7 Å². The first-order valence-electron chi connectivity index (χ1n) is 13.7. The maximum absolute atomic E-state index is 14.6. The Hall–Kier alpha value is -4.20. The molecule has 224 valence electrons. The van der Waals surface area contributed by atoms with Gasteiger partial charge in [0.15, 0.2) is 16.7 Å². The van der Waals surface area contributed by atoms with Gasteiger partial charge >= 0.3 is 18.3 Å². The molecule has 1 N–H and O–H groups in total. The number of thiazole rings is 1. The average Bonchev–Trinajstić information content (AvgIpc) is 3.43. The number of fused-ring (bicyclic) bond motifs is 3. The summed E-state index contributed by atoms with van der Waals surface area (Å²) < 4.78 is 70.0. The van der Waals surface area contributed by atoms with Gasteiger partial charge in [0.2, 0.25) is 0 Å². The molecule has 14 heteroatoms. The molecule has 43 heavy (non-hydrogen) atoms. The molecule has 3 atom stereocenters. The van der Waals surface area contributed by atoms with Crippen molar-refractivity contribution < 1.29 is 46.3 Å². The van der Waals surface area contributed by atoms with Gasteiger partial charge in [0, 0.05) is 36.4 Å². The van der Waals surface area contributed by atoms with Gasteiger partial charge in [-0.2, -0.15) is 0 Å². The standard InChI is InChI=1S/C29H23F4N3O6S/c30-19-9-14(26(37)38)10-21-24(19)34-28(43-21)36-15-7-8-16(36)12-17(11-15)40-27(39)22-23(35-42-25(22)13-5-6-13)18-3-1-2-4-20(18)41-29(31,32)33/h1-4,9-10,13,15-17H,5-8,11-12H2,(H,37,38)/t15-,16+,17?. The molecule has 0 spiro atoms. The number of halogens is 4. The molecule has 0 radical (unpaired) electrons. The van der Waals surface area contributed by atoms with Crippen LogP contribution in [0.25, 0.3) is 21.5 Å². The topological polar surface area (TPSA) is 115 Å². The molecule has 3 fully saturated rings. The van der Waals surface area contributed by atoms with E-state index in [1.54, 1.807) is 0 Å². The number of carbonyl (C=O) groups excluding carboxylic acids is 1. The molecule has 9 nitrogen and oxygen atoms in total. The molecule has 2 aliphatic heterocycles. The minimum Gasteiger partial charge on any atom is -0.478 e. The molecule has 2 bridgehead atoms. The van der Waals surface area contributed by atoms with Crippen molar-refractivity contribution in [3.05, 3.63) is 59.1 Å². The molecule has 4 heterocycles. The number of hydrogen-bond acceptors (Lipinski definition) is 9. The molecule has 1 unspecified atom stereocenters. The monoisotopic (exact) mass is 617 g/mol. The summed E-state index contributed by atoms with van der Waals surface area (Å²) in [5.41, 5.74) is -0.136. The van der Waals surface area contributed by atoms with E-state index < -0.39 is 36.0 Å². The first-order chi connectivity index (χ1) is 20.6. The predicted octanol–water partition coefficient (Wildman–Crippen LogP) is 6.92. The number of anilines is 1. The van der Waals surface area contributed by atoms with Crippen LogP contribution in [0, 0.1) is 5.82 Å². The van der Waals surface area contributed by atoms with Gasteiger partial charge in [-0.3, -0.25) is 0 Å². The number of carboxylic acids is 1. The Labute approximate surface area is 245 Å². The largest absolute Gasteiger partial charge is 0.573 e. The van der Waals surface area contributed by atoms with Gasteiger partial charge in [0.25, 0.3) is 0 Å². The SMILES string of the molecule is O=C(O)c1cc(F)c2nc(N3[C@@H]4CC[C@H]3CC(OC(=O)c3c(-c5ccccc5OC(F)(F)F)noc3C3CC3)C4)sc2c1. The third-order valence-electron chi connectivity index (χ3n) is 8.11. The fourth-order valence-electron chi connectivity index (χ4n) is 6.14. The summed E-state index contributed by atoms with van der Waals surface area (Å²) in [5.74, 6) is -2.93. The number of hydrogen-bond donors (Lipinski definition) is 1. The van der Waals surface area contributed by atoms with Gasteiger partial charge in [-0.15, -0.1) is 13.2 Å². The van der Waals surface area contributed by atoms with Crippen LogP contribution in [0.5, 0.6) is 5.75 Å². The number of carboxylic acid groups (broad SMARTS) is 1. The summed E-state index contributed by atoms with van der Waals surface area (Å²) in [5, 5.41) is 13.8. The van der Waals surface area contributed by atoms with Crippen LogP contribution in [0.4, 0.5) is 22.7 Å². The maximum Gasteiger partial charge on any atom is 0.573 e. The fraction of sp³-hybridized carbons (Fsp3) is 0.379. The number of piperidine rings is 1. The first-order valence-corrected chi connectivity index (χ1v) is 14.5. The van der Waals surface area contributed by atoms with Gasteiger partial charge in [0.1, 0.15) is 28.6 Å². The zero-order chi connectivity index (χ0) is 30.0. The summed E-state index contributed by atoms with van der Waals surface area (Å²) in [4.78, 5) is 31.6. The molecular formula is C29H23F4N3O6S. The van der Waals surface area contributed by atoms with Crippen molar-refractivity contribution in [1.29, 1.82) is 0 Å². The van der Waals surface area contributed by atoms with E-state index in [9.17, 15) is 32.3 Å². The second-order valence-corrected chi connectivity index (χ2v) is 12.0. The van der Waals surface area contributed by atoms with Gasteiger partial charge < -0.3 is 24.0 Å². The Morgan fingerprint density at radius 3 is 2.47 bits per heavy atom. The molecule has 2 aromatic heterocycles. The lowest BCUT2D eigenvalue weighted by molar-refractivity contribution is -0.274. The van der Waals surface area contributed by atoms with Crippen LogP contribution in [-0.2, 0) is 4.74 Å². The molecule has 2 saturated heterocycles. The Morgan fingerprint density at radius 1 is 1.07 bits per heavy atom. The lowest BCUT2D eigenvalue weighted by Gasteiger charge is -2.38. The summed E-state index contributed by atoms with van der Waals surface area (Å²) in [6.45, 7) is 0. The summed E-state index contributed by atoms with van der Waals surface area (Å²) in [6, 6.07) is 7.69. The number of rotatable bonds is 7. The Bertz CT molecular complexity index is 1740. The first kappa shape index (κ1) is 27.6. The molecule has 1 saturated carbocycles. The van der Waals surface area contributed by atoms with Crippen molar-refractivity contribution in [3.8, 4) is 17.0 Å². The second-order valence-electron chi connectivity index (χ2n) is 11.0. The van der Waals surface area contributed by atoms with Gasteiger partial charge in [-0.1, -0.05) is 28.6 Å². The van der Waals surface area contributed by atoms with E-state index >= 15 is 0 Å². The van der Waals surface area contributed by atoms with E-state index in [1.807, 2.05) is 0 Å². The lowest BCUT2D eigenvalue weighted by atomic mass is 9.99. The second kappa shape index (κ2) is 10.2. The smallest absolute Gasteiger partial charge is 0.478 e. The van der Waals surface area contributed by atoms with E-state index in [4.69, 9.17) is 9.26 Å².